The maximum absolute atomic E-state index is 5.36. The number of rotatable bonds is 7. The number of ether oxygens (including phenoxy) is 1. The zero-order chi connectivity index (χ0) is 12.1. The molecule has 4 heteroatoms. The van der Waals surface area contributed by atoms with Gasteiger partial charge in [0.15, 0.2) is 0 Å². The Labute approximate surface area is 103 Å². The molecule has 1 aliphatic carbocycles. The molecule has 1 atom stereocenters. The second kappa shape index (κ2) is 5.84. The molecule has 0 radical (unpaired) electrons. The molecule has 0 bridgehead atoms. The molecule has 1 N–H and O–H groups in total. The van der Waals surface area contributed by atoms with Gasteiger partial charge in [-0.3, -0.25) is 0 Å². The van der Waals surface area contributed by atoms with Crippen LogP contribution in [0.15, 0.2) is 12.3 Å². The van der Waals surface area contributed by atoms with E-state index < -0.39 is 0 Å². The van der Waals surface area contributed by atoms with Crippen LogP contribution >= 0.6 is 0 Å². The average Bonchev–Trinajstić information content (AvgIpc) is 3.13. The fourth-order valence-corrected chi connectivity index (χ4v) is 1.91. The van der Waals surface area contributed by atoms with Crippen molar-refractivity contribution in [2.45, 2.75) is 45.6 Å². The Morgan fingerprint density at radius 3 is 2.94 bits per heavy atom. The first-order valence-corrected chi connectivity index (χ1v) is 6.54. The Morgan fingerprint density at radius 1 is 1.47 bits per heavy atom. The van der Waals surface area contributed by atoms with E-state index in [2.05, 4.69) is 22.2 Å². The minimum Gasteiger partial charge on any atom is -0.478 e. The van der Waals surface area contributed by atoms with Gasteiger partial charge < -0.3 is 10.1 Å². The summed E-state index contributed by atoms with van der Waals surface area (Å²) in [7, 11) is 0. The smallest absolute Gasteiger partial charge is 0.226 e. The maximum Gasteiger partial charge on any atom is 0.226 e. The van der Waals surface area contributed by atoms with Crippen LogP contribution in [-0.4, -0.2) is 22.6 Å². The van der Waals surface area contributed by atoms with Crippen LogP contribution in [0.4, 0.5) is 5.95 Å². The van der Waals surface area contributed by atoms with E-state index in [9.17, 15) is 0 Å². The SMILES string of the molecule is CCOc1ccnc(NC(CC)CC2CC2)n1. The highest BCUT2D eigenvalue weighted by Gasteiger charge is 2.24. The van der Waals surface area contributed by atoms with Crippen molar-refractivity contribution in [2.24, 2.45) is 5.92 Å². The molecule has 2 rings (SSSR count). The minimum atomic E-state index is 0.486. The molecule has 1 unspecified atom stereocenters. The van der Waals surface area contributed by atoms with Gasteiger partial charge >= 0.3 is 0 Å². The Hall–Kier alpha value is -1.32. The highest BCUT2D eigenvalue weighted by atomic mass is 16.5. The molecule has 1 aliphatic rings. The fourth-order valence-electron chi connectivity index (χ4n) is 1.91. The van der Waals surface area contributed by atoms with Gasteiger partial charge in [0, 0.05) is 18.3 Å². The Balaban J connectivity index is 1.92. The van der Waals surface area contributed by atoms with Crippen molar-refractivity contribution in [1.82, 2.24) is 9.97 Å². The zero-order valence-corrected chi connectivity index (χ0v) is 10.6. The van der Waals surface area contributed by atoms with Gasteiger partial charge in [-0.05, 0) is 25.7 Å². The van der Waals surface area contributed by atoms with Crippen LogP contribution in [0.5, 0.6) is 5.88 Å². The van der Waals surface area contributed by atoms with E-state index in [-0.39, 0.29) is 0 Å². The average molecular weight is 235 g/mol. The fraction of sp³-hybridized carbons (Fsp3) is 0.692. The summed E-state index contributed by atoms with van der Waals surface area (Å²) in [5, 5.41) is 3.40. The third-order valence-electron chi connectivity index (χ3n) is 3.06. The summed E-state index contributed by atoms with van der Waals surface area (Å²) < 4.78 is 5.36. The number of nitrogens with one attached hydrogen (secondary N) is 1. The zero-order valence-electron chi connectivity index (χ0n) is 10.6. The van der Waals surface area contributed by atoms with Gasteiger partial charge in [-0.2, -0.15) is 4.98 Å². The van der Waals surface area contributed by atoms with E-state index in [1.165, 1.54) is 19.3 Å². The number of aromatic nitrogens is 2. The van der Waals surface area contributed by atoms with Crippen molar-refractivity contribution in [2.75, 3.05) is 11.9 Å². The van der Waals surface area contributed by atoms with E-state index in [0.29, 0.717) is 24.5 Å². The lowest BCUT2D eigenvalue weighted by Gasteiger charge is -2.16. The van der Waals surface area contributed by atoms with Crippen LogP contribution < -0.4 is 10.1 Å². The number of hydrogen-bond acceptors (Lipinski definition) is 4. The molecule has 1 aromatic heterocycles. The summed E-state index contributed by atoms with van der Waals surface area (Å²) in [4.78, 5) is 8.57. The summed E-state index contributed by atoms with van der Waals surface area (Å²) in [6, 6.07) is 2.27. The Bertz CT molecular complexity index is 352. The van der Waals surface area contributed by atoms with Crippen molar-refractivity contribution < 1.29 is 4.74 Å². The highest BCUT2D eigenvalue weighted by Crippen LogP contribution is 2.34. The Kier molecular flexibility index (Phi) is 4.18. The van der Waals surface area contributed by atoms with E-state index in [1.807, 2.05) is 6.92 Å². The monoisotopic (exact) mass is 235 g/mol. The molecular weight excluding hydrogens is 214 g/mol. The third-order valence-corrected chi connectivity index (χ3v) is 3.06. The summed E-state index contributed by atoms with van der Waals surface area (Å²) in [6.45, 7) is 4.79. The standard InChI is InChI=1S/C13H21N3O/c1-3-11(9-10-5-6-10)15-13-14-8-7-12(16-13)17-4-2/h7-8,10-11H,3-6,9H2,1-2H3,(H,14,15,16). The van der Waals surface area contributed by atoms with Crippen LogP contribution in [0.1, 0.15) is 39.5 Å². The molecule has 0 aromatic carbocycles. The molecule has 1 heterocycles. The van der Waals surface area contributed by atoms with Crippen molar-refractivity contribution in [3.8, 4) is 5.88 Å². The first-order chi connectivity index (χ1) is 8.31. The minimum absolute atomic E-state index is 0.486. The van der Waals surface area contributed by atoms with Gasteiger partial charge in [0.25, 0.3) is 0 Å². The van der Waals surface area contributed by atoms with Crippen LogP contribution in [0.25, 0.3) is 0 Å². The summed E-state index contributed by atoms with van der Waals surface area (Å²) in [6.07, 6.45) is 6.86. The second-order valence-electron chi connectivity index (χ2n) is 4.58. The molecule has 1 saturated carbocycles. The van der Waals surface area contributed by atoms with Crippen LogP contribution in [0.3, 0.4) is 0 Å². The van der Waals surface area contributed by atoms with Gasteiger partial charge in [0.05, 0.1) is 6.61 Å². The van der Waals surface area contributed by atoms with E-state index in [4.69, 9.17) is 4.74 Å². The molecule has 0 spiro atoms. The summed E-state index contributed by atoms with van der Waals surface area (Å²) in [5.74, 6) is 2.25. The molecule has 4 nitrogen and oxygen atoms in total. The van der Waals surface area contributed by atoms with Crippen molar-refractivity contribution >= 4 is 5.95 Å². The van der Waals surface area contributed by atoms with Crippen LogP contribution in [-0.2, 0) is 0 Å². The molecule has 0 saturated heterocycles. The first kappa shape index (κ1) is 12.1. The lowest BCUT2D eigenvalue weighted by Crippen LogP contribution is -2.20. The normalized spacial score (nSPS) is 16.6. The van der Waals surface area contributed by atoms with Gasteiger partial charge in [-0.25, -0.2) is 4.98 Å². The summed E-state index contributed by atoms with van der Waals surface area (Å²) in [5.41, 5.74) is 0. The van der Waals surface area contributed by atoms with Crippen molar-refractivity contribution in [1.29, 1.82) is 0 Å². The van der Waals surface area contributed by atoms with Gasteiger partial charge in [0.1, 0.15) is 0 Å². The molecular formula is C13H21N3O. The lowest BCUT2D eigenvalue weighted by molar-refractivity contribution is 0.326. The molecule has 0 amide bonds. The quantitative estimate of drug-likeness (QED) is 0.789. The lowest BCUT2D eigenvalue weighted by atomic mass is 10.1. The largest absolute Gasteiger partial charge is 0.478 e. The number of nitrogens with zero attached hydrogens (tertiary/aromatic N) is 2. The van der Waals surface area contributed by atoms with Crippen LogP contribution in [0.2, 0.25) is 0 Å². The Morgan fingerprint density at radius 2 is 2.29 bits per heavy atom. The molecule has 1 aromatic rings. The number of anilines is 1. The second-order valence-corrected chi connectivity index (χ2v) is 4.58. The molecule has 1 fully saturated rings. The van der Waals surface area contributed by atoms with E-state index >= 15 is 0 Å². The van der Waals surface area contributed by atoms with Crippen molar-refractivity contribution in [3.63, 3.8) is 0 Å². The van der Waals surface area contributed by atoms with Crippen molar-refractivity contribution in [3.05, 3.63) is 12.3 Å². The van der Waals surface area contributed by atoms with E-state index in [1.54, 1.807) is 12.3 Å². The first-order valence-electron chi connectivity index (χ1n) is 6.54. The summed E-state index contributed by atoms with van der Waals surface area (Å²) >= 11 is 0. The third kappa shape index (κ3) is 3.88. The predicted molar refractivity (Wildman–Crippen MR) is 68.2 cm³/mol. The van der Waals surface area contributed by atoms with E-state index in [0.717, 1.165) is 12.3 Å². The van der Waals surface area contributed by atoms with Gasteiger partial charge in [0.2, 0.25) is 11.8 Å². The molecule has 94 valence electrons. The van der Waals surface area contributed by atoms with Gasteiger partial charge in [-0.1, -0.05) is 19.8 Å². The highest BCUT2D eigenvalue weighted by molar-refractivity contribution is 5.28. The predicted octanol–water partition coefficient (Wildman–Crippen LogP) is 2.87. The molecule has 17 heavy (non-hydrogen) atoms. The number of hydrogen-bond donors (Lipinski definition) is 1. The van der Waals surface area contributed by atoms with Crippen LogP contribution in [0, 0.1) is 5.92 Å². The topological polar surface area (TPSA) is 47.0 Å². The van der Waals surface area contributed by atoms with Gasteiger partial charge in [-0.15, -0.1) is 0 Å². The maximum atomic E-state index is 5.36. The molecule has 0 aliphatic heterocycles.